The fourth-order valence-electron chi connectivity index (χ4n) is 2.42. The molecule has 0 fully saturated rings. The topological polar surface area (TPSA) is 20.3 Å². The largest absolute Gasteiger partial charge is 0.331 e. The molecule has 0 aliphatic rings. The van der Waals surface area contributed by atoms with E-state index in [9.17, 15) is 4.79 Å². The van der Waals surface area contributed by atoms with Crippen LogP contribution in [0.15, 0.2) is 66.7 Å². The Bertz CT molecular complexity index is 651. The van der Waals surface area contributed by atoms with Crippen LogP contribution < -0.4 is 0 Å². The zero-order valence-electron chi connectivity index (χ0n) is 12.2. The van der Waals surface area contributed by atoms with Crippen LogP contribution in [0.3, 0.4) is 0 Å². The third-order valence-electron chi connectivity index (χ3n) is 3.39. The molecule has 21 heavy (non-hydrogen) atoms. The minimum Gasteiger partial charge on any atom is -0.331 e. The van der Waals surface area contributed by atoms with Gasteiger partial charge in [-0.25, -0.2) is 0 Å². The summed E-state index contributed by atoms with van der Waals surface area (Å²) in [5, 5.41) is 0. The van der Waals surface area contributed by atoms with E-state index in [0.29, 0.717) is 0 Å². The zero-order valence-corrected chi connectivity index (χ0v) is 14.4. The Hall–Kier alpha value is -1.62. The van der Waals surface area contributed by atoms with Crippen LogP contribution in [-0.4, -0.2) is 17.9 Å². The number of carbonyl (C=O) groups is 1. The van der Waals surface area contributed by atoms with Crippen molar-refractivity contribution >= 4 is 28.5 Å². The Labute approximate surface area is 139 Å². The maximum Gasteiger partial charge on any atom is 0.255 e. The number of amides is 1. The predicted octanol–water partition coefficient (Wildman–Crippen LogP) is 4.68. The standard InChI is InChI=1S/C18H18INO/c1-13(2)17(14-9-5-4-6-10-14)20(3)18(21)15-11-7-8-12-16(15)19/h4-12,17H,1H2,2-3H3/t17-/m0/s1. The summed E-state index contributed by atoms with van der Waals surface area (Å²) >= 11 is 2.19. The number of carbonyl (C=O) groups excluding carboxylic acids is 1. The number of benzene rings is 2. The smallest absolute Gasteiger partial charge is 0.255 e. The monoisotopic (exact) mass is 391 g/mol. The van der Waals surface area contributed by atoms with Crippen LogP contribution in [0, 0.1) is 3.57 Å². The molecule has 1 atom stereocenters. The molecule has 0 unspecified atom stereocenters. The van der Waals surface area contributed by atoms with E-state index in [0.717, 1.165) is 20.3 Å². The van der Waals surface area contributed by atoms with Crippen molar-refractivity contribution in [3.05, 3.63) is 81.4 Å². The quantitative estimate of drug-likeness (QED) is 0.548. The number of hydrogen-bond donors (Lipinski definition) is 0. The van der Waals surface area contributed by atoms with Crippen LogP contribution in [0.4, 0.5) is 0 Å². The van der Waals surface area contributed by atoms with E-state index in [1.54, 1.807) is 4.90 Å². The molecule has 2 aromatic rings. The first-order valence-electron chi connectivity index (χ1n) is 6.74. The average Bonchev–Trinajstić information content (AvgIpc) is 2.48. The van der Waals surface area contributed by atoms with E-state index in [1.807, 2.05) is 68.6 Å². The molecule has 0 aromatic heterocycles. The van der Waals surface area contributed by atoms with Crippen molar-refractivity contribution in [2.75, 3.05) is 7.05 Å². The van der Waals surface area contributed by atoms with E-state index >= 15 is 0 Å². The second-order valence-electron chi connectivity index (χ2n) is 5.06. The van der Waals surface area contributed by atoms with Gasteiger partial charge in [-0.15, -0.1) is 0 Å². The van der Waals surface area contributed by atoms with Crippen LogP contribution in [0.2, 0.25) is 0 Å². The fraction of sp³-hybridized carbons (Fsp3) is 0.167. The molecule has 0 N–H and O–H groups in total. The van der Waals surface area contributed by atoms with Gasteiger partial charge in [-0.1, -0.05) is 54.6 Å². The summed E-state index contributed by atoms with van der Waals surface area (Å²) in [5.74, 6) is 0.0110. The third-order valence-corrected chi connectivity index (χ3v) is 4.33. The summed E-state index contributed by atoms with van der Waals surface area (Å²) in [4.78, 5) is 14.5. The number of rotatable bonds is 4. The lowest BCUT2D eigenvalue weighted by atomic mass is 9.99. The summed E-state index contributed by atoms with van der Waals surface area (Å²) < 4.78 is 0.959. The first-order chi connectivity index (χ1) is 10.0. The van der Waals surface area contributed by atoms with Crippen molar-refractivity contribution in [2.24, 2.45) is 0 Å². The molecule has 0 heterocycles. The Morgan fingerprint density at radius 2 is 1.67 bits per heavy atom. The lowest BCUT2D eigenvalue weighted by Gasteiger charge is -2.29. The van der Waals surface area contributed by atoms with Crippen LogP contribution in [0.5, 0.6) is 0 Å². The van der Waals surface area contributed by atoms with Gasteiger partial charge in [0.15, 0.2) is 0 Å². The molecule has 0 saturated heterocycles. The van der Waals surface area contributed by atoms with Crippen molar-refractivity contribution in [1.82, 2.24) is 4.90 Å². The molecule has 2 rings (SSSR count). The van der Waals surface area contributed by atoms with Crippen molar-refractivity contribution in [3.8, 4) is 0 Å². The minimum absolute atomic E-state index is 0.0110. The summed E-state index contributed by atoms with van der Waals surface area (Å²) in [6.45, 7) is 6.01. The number of likely N-dealkylation sites (N-methyl/N-ethyl adjacent to an activating group) is 1. The Kier molecular flexibility index (Phi) is 5.17. The number of halogens is 1. The highest BCUT2D eigenvalue weighted by Crippen LogP contribution is 2.28. The van der Waals surface area contributed by atoms with Gasteiger partial charge in [-0.05, 0) is 47.2 Å². The minimum atomic E-state index is -0.116. The van der Waals surface area contributed by atoms with Crippen LogP contribution in [-0.2, 0) is 0 Å². The van der Waals surface area contributed by atoms with Gasteiger partial charge in [0.2, 0.25) is 0 Å². The molecule has 0 saturated carbocycles. The van der Waals surface area contributed by atoms with Gasteiger partial charge in [0, 0.05) is 10.6 Å². The molecule has 3 heteroatoms. The predicted molar refractivity (Wildman–Crippen MR) is 95.2 cm³/mol. The highest BCUT2D eigenvalue weighted by Gasteiger charge is 2.24. The van der Waals surface area contributed by atoms with Crippen molar-refractivity contribution in [1.29, 1.82) is 0 Å². The van der Waals surface area contributed by atoms with Gasteiger partial charge in [0.25, 0.3) is 5.91 Å². The lowest BCUT2D eigenvalue weighted by molar-refractivity contribution is 0.0752. The van der Waals surface area contributed by atoms with Gasteiger partial charge in [0.05, 0.1) is 11.6 Å². The molecule has 108 valence electrons. The highest BCUT2D eigenvalue weighted by molar-refractivity contribution is 14.1. The fourth-order valence-corrected chi connectivity index (χ4v) is 3.03. The molecule has 2 nitrogen and oxygen atoms in total. The maximum absolute atomic E-state index is 12.8. The third kappa shape index (κ3) is 3.53. The first-order valence-corrected chi connectivity index (χ1v) is 7.82. The molecular weight excluding hydrogens is 373 g/mol. The number of hydrogen-bond acceptors (Lipinski definition) is 1. The Morgan fingerprint density at radius 3 is 2.24 bits per heavy atom. The molecular formula is C18H18INO. The van der Waals surface area contributed by atoms with Crippen molar-refractivity contribution < 1.29 is 4.79 Å². The second kappa shape index (κ2) is 6.89. The summed E-state index contributed by atoms with van der Waals surface area (Å²) in [5.41, 5.74) is 2.75. The van der Waals surface area contributed by atoms with E-state index in [-0.39, 0.29) is 11.9 Å². The van der Waals surface area contributed by atoms with E-state index in [4.69, 9.17) is 0 Å². The van der Waals surface area contributed by atoms with Gasteiger partial charge in [-0.3, -0.25) is 4.79 Å². The molecule has 0 radical (unpaired) electrons. The van der Waals surface area contributed by atoms with E-state index in [1.165, 1.54) is 0 Å². The molecule has 0 spiro atoms. The van der Waals surface area contributed by atoms with Crippen molar-refractivity contribution in [2.45, 2.75) is 13.0 Å². The lowest BCUT2D eigenvalue weighted by Crippen LogP contribution is -2.32. The van der Waals surface area contributed by atoms with Gasteiger partial charge in [-0.2, -0.15) is 0 Å². The maximum atomic E-state index is 12.8. The first kappa shape index (κ1) is 15.8. The molecule has 1 amide bonds. The van der Waals surface area contributed by atoms with E-state index < -0.39 is 0 Å². The van der Waals surface area contributed by atoms with Crippen molar-refractivity contribution in [3.63, 3.8) is 0 Å². The van der Waals surface area contributed by atoms with Gasteiger partial charge < -0.3 is 4.90 Å². The molecule has 0 aliphatic heterocycles. The summed E-state index contributed by atoms with van der Waals surface area (Å²) in [6, 6.07) is 17.5. The number of nitrogens with zero attached hydrogens (tertiary/aromatic N) is 1. The Morgan fingerprint density at radius 1 is 1.10 bits per heavy atom. The van der Waals surface area contributed by atoms with Crippen LogP contribution >= 0.6 is 22.6 Å². The average molecular weight is 391 g/mol. The van der Waals surface area contributed by atoms with Gasteiger partial charge >= 0.3 is 0 Å². The SMILES string of the molecule is C=C(C)[C@@H](c1ccccc1)N(C)C(=O)c1ccccc1I. The second-order valence-corrected chi connectivity index (χ2v) is 6.22. The molecule has 0 aliphatic carbocycles. The molecule has 0 bridgehead atoms. The summed E-state index contributed by atoms with van der Waals surface area (Å²) in [6.07, 6.45) is 0. The van der Waals surface area contributed by atoms with Crippen LogP contribution in [0.25, 0.3) is 0 Å². The zero-order chi connectivity index (χ0) is 15.4. The molecule has 2 aromatic carbocycles. The van der Waals surface area contributed by atoms with E-state index in [2.05, 4.69) is 29.2 Å². The summed E-state index contributed by atoms with van der Waals surface area (Å²) in [7, 11) is 1.83. The normalized spacial score (nSPS) is 11.8. The Balaban J connectivity index is 2.36. The van der Waals surface area contributed by atoms with Gasteiger partial charge in [0.1, 0.15) is 0 Å². The van der Waals surface area contributed by atoms with Crippen LogP contribution in [0.1, 0.15) is 28.9 Å². The highest BCUT2D eigenvalue weighted by atomic mass is 127.